The Kier molecular flexibility index (Phi) is 7.68. The summed E-state index contributed by atoms with van der Waals surface area (Å²) in [5, 5.41) is 6.58. The molecule has 0 aliphatic carbocycles. The van der Waals surface area contributed by atoms with E-state index in [2.05, 4.69) is 24.5 Å². The maximum Gasteiger partial charge on any atom is 0.230 e. The lowest BCUT2D eigenvalue weighted by Crippen LogP contribution is -2.50. The summed E-state index contributed by atoms with van der Waals surface area (Å²) in [4.78, 5) is 13.0. The second kappa shape index (κ2) is 9.56. The summed E-state index contributed by atoms with van der Waals surface area (Å²) in [7, 11) is 1.73. The molecule has 0 saturated carbocycles. The molecule has 1 amide bonds. The third-order valence-electron chi connectivity index (χ3n) is 5.47. The summed E-state index contributed by atoms with van der Waals surface area (Å²) < 4.78 is 11.2. The maximum atomic E-state index is 13.0. The molecule has 5 heteroatoms. The topological polar surface area (TPSA) is 59.6 Å². The Labute approximate surface area is 164 Å². The predicted molar refractivity (Wildman–Crippen MR) is 109 cm³/mol. The van der Waals surface area contributed by atoms with Gasteiger partial charge in [-0.15, -0.1) is 0 Å². The van der Waals surface area contributed by atoms with Gasteiger partial charge in [0.25, 0.3) is 0 Å². The lowest BCUT2D eigenvalue weighted by Gasteiger charge is -2.38. The largest absolute Gasteiger partial charge is 0.493 e. The van der Waals surface area contributed by atoms with Crippen molar-refractivity contribution in [1.29, 1.82) is 0 Å². The van der Waals surface area contributed by atoms with Crippen LogP contribution in [-0.2, 0) is 14.9 Å². The van der Waals surface area contributed by atoms with Gasteiger partial charge in [0.15, 0.2) is 0 Å². The number of nitrogens with one attached hydrogen (secondary N) is 2. The van der Waals surface area contributed by atoms with Crippen molar-refractivity contribution in [2.45, 2.75) is 46.0 Å². The van der Waals surface area contributed by atoms with E-state index in [4.69, 9.17) is 9.47 Å². The first-order valence-electron chi connectivity index (χ1n) is 10.0. The highest BCUT2D eigenvalue weighted by Crippen LogP contribution is 2.30. The van der Waals surface area contributed by atoms with Crippen LogP contribution in [0.15, 0.2) is 24.3 Å². The first-order valence-corrected chi connectivity index (χ1v) is 10.0. The van der Waals surface area contributed by atoms with Crippen LogP contribution < -0.4 is 15.4 Å². The Bertz CT molecular complexity index is 585. The maximum absolute atomic E-state index is 13.0. The van der Waals surface area contributed by atoms with Crippen molar-refractivity contribution in [2.75, 3.05) is 40.0 Å². The van der Waals surface area contributed by atoms with Gasteiger partial charge in [-0.05, 0) is 63.4 Å². The van der Waals surface area contributed by atoms with Gasteiger partial charge in [0, 0.05) is 19.1 Å². The van der Waals surface area contributed by atoms with Gasteiger partial charge >= 0.3 is 0 Å². The summed E-state index contributed by atoms with van der Waals surface area (Å²) in [6.07, 6.45) is 2.03. The van der Waals surface area contributed by atoms with Crippen molar-refractivity contribution in [3.8, 4) is 5.75 Å². The second-order valence-corrected chi connectivity index (χ2v) is 8.72. The fourth-order valence-corrected chi connectivity index (χ4v) is 3.49. The summed E-state index contributed by atoms with van der Waals surface area (Å²) in [6.45, 7) is 12.2. The molecule has 1 heterocycles. The molecule has 1 saturated heterocycles. The first-order chi connectivity index (χ1) is 12.8. The average molecular weight is 377 g/mol. The molecule has 1 aliphatic rings. The fraction of sp³-hybridized carbons (Fsp3) is 0.682. The minimum atomic E-state index is -0.599. The van der Waals surface area contributed by atoms with Gasteiger partial charge in [-0.1, -0.05) is 26.0 Å². The van der Waals surface area contributed by atoms with Crippen LogP contribution in [0.1, 0.15) is 46.1 Å². The minimum absolute atomic E-state index is 0.0281. The van der Waals surface area contributed by atoms with Crippen LogP contribution in [0.2, 0.25) is 0 Å². The highest BCUT2D eigenvalue weighted by Gasteiger charge is 2.35. The monoisotopic (exact) mass is 376 g/mol. The van der Waals surface area contributed by atoms with Crippen LogP contribution >= 0.6 is 0 Å². The Balaban J connectivity index is 1.99. The normalized spacial score (nSPS) is 17.0. The number of benzene rings is 1. The Hall–Kier alpha value is -1.59. The minimum Gasteiger partial charge on any atom is -0.493 e. The molecule has 1 fully saturated rings. The molecule has 0 spiro atoms. The standard InChI is InChI=1S/C22H36N2O3/c1-17(2)14-27-19-8-6-18(7-9-19)21(3,4)20(25)24-15-22(16-26-5)10-12-23-13-11-22/h6-9,17,23H,10-16H2,1-5H3,(H,24,25). The number of piperidine rings is 1. The number of hydrogen-bond donors (Lipinski definition) is 2. The molecule has 5 nitrogen and oxygen atoms in total. The Morgan fingerprint density at radius 3 is 2.41 bits per heavy atom. The van der Waals surface area contributed by atoms with Gasteiger partial charge in [-0.3, -0.25) is 4.79 Å². The van der Waals surface area contributed by atoms with Crippen LogP contribution in [0.5, 0.6) is 5.75 Å². The number of ether oxygens (including phenoxy) is 2. The molecule has 27 heavy (non-hydrogen) atoms. The Morgan fingerprint density at radius 2 is 1.85 bits per heavy atom. The number of rotatable bonds is 9. The lowest BCUT2D eigenvalue weighted by molar-refractivity contribution is -0.126. The zero-order chi connectivity index (χ0) is 19.9. The van der Waals surface area contributed by atoms with Crippen LogP contribution in [0.25, 0.3) is 0 Å². The van der Waals surface area contributed by atoms with Crippen molar-refractivity contribution in [3.63, 3.8) is 0 Å². The molecule has 1 aromatic rings. The molecular weight excluding hydrogens is 340 g/mol. The molecule has 1 aromatic carbocycles. The molecule has 2 rings (SSSR count). The Morgan fingerprint density at radius 1 is 1.22 bits per heavy atom. The van der Waals surface area contributed by atoms with E-state index in [1.54, 1.807) is 7.11 Å². The smallest absolute Gasteiger partial charge is 0.230 e. The van der Waals surface area contributed by atoms with Crippen molar-refractivity contribution < 1.29 is 14.3 Å². The van der Waals surface area contributed by atoms with E-state index in [9.17, 15) is 4.79 Å². The van der Waals surface area contributed by atoms with Crippen molar-refractivity contribution >= 4 is 5.91 Å². The highest BCUT2D eigenvalue weighted by atomic mass is 16.5. The molecule has 0 atom stereocenters. The van der Waals surface area contributed by atoms with Crippen molar-refractivity contribution in [1.82, 2.24) is 10.6 Å². The first kappa shape index (κ1) is 21.7. The zero-order valence-electron chi connectivity index (χ0n) is 17.6. The number of hydrogen-bond acceptors (Lipinski definition) is 4. The summed E-state index contributed by atoms with van der Waals surface area (Å²) >= 11 is 0. The fourth-order valence-electron chi connectivity index (χ4n) is 3.49. The van der Waals surface area contributed by atoms with Gasteiger partial charge in [-0.2, -0.15) is 0 Å². The number of carbonyl (C=O) groups is 1. The third-order valence-corrected chi connectivity index (χ3v) is 5.47. The number of methoxy groups -OCH3 is 1. The van der Waals surface area contributed by atoms with E-state index in [0.717, 1.165) is 37.2 Å². The summed E-state index contributed by atoms with van der Waals surface area (Å²) in [5.74, 6) is 1.38. The molecule has 0 radical (unpaired) electrons. The molecule has 2 N–H and O–H groups in total. The van der Waals surface area contributed by atoms with Crippen LogP contribution in [0, 0.1) is 11.3 Å². The van der Waals surface area contributed by atoms with Crippen molar-refractivity contribution in [3.05, 3.63) is 29.8 Å². The van der Waals surface area contributed by atoms with Crippen LogP contribution in [0.3, 0.4) is 0 Å². The molecule has 152 valence electrons. The van der Waals surface area contributed by atoms with Crippen LogP contribution in [0.4, 0.5) is 0 Å². The van der Waals surface area contributed by atoms with Crippen molar-refractivity contribution in [2.24, 2.45) is 11.3 Å². The van der Waals surface area contributed by atoms with Gasteiger partial charge in [0.1, 0.15) is 5.75 Å². The molecule has 0 bridgehead atoms. The van der Waals surface area contributed by atoms with E-state index < -0.39 is 5.41 Å². The average Bonchev–Trinajstić information content (AvgIpc) is 2.66. The second-order valence-electron chi connectivity index (χ2n) is 8.72. The lowest BCUT2D eigenvalue weighted by atomic mass is 9.78. The number of carbonyl (C=O) groups excluding carboxylic acids is 1. The molecule has 0 unspecified atom stereocenters. The van der Waals surface area contributed by atoms with E-state index in [-0.39, 0.29) is 11.3 Å². The molecule has 1 aliphatic heterocycles. The quantitative estimate of drug-likeness (QED) is 0.695. The number of amides is 1. The SMILES string of the molecule is COCC1(CNC(=O)C(C)(C)c2ccc(OCC(C)C)cc2)CCNCC1. The van der Waals surface area contributed by atoms with E-state index in [1.165, 1.54) is 0 Å². The van der Waals surface area contributed by atoms with Gasteiger partial charge < -0.3 is 20.1 Å². The summed E-state index contributed by atoms with van der Waals surface area (Å²) in [5.41, 5.74) is 0.417. The predicted octanol–water partition coefficient (Wildman–Crippen LogP) is 3.13. The van der Waals surface area contributed by atoms with Gasteiger partial charge in [-0.25, -0.2) is 0 Å². The molecule has 0 aromatic heterocycles. The third kappa shape index (κ3) is 5.94. The van der Waals surface area contributed by atoms with E-state index >= 15 is 0 Å². The summed E-state index contributed by atoms with van der Waals surface area (Å²) in [6, 6.07) is 7.88. The highest BCUT2D eigenvalue weighted by molar-refractivity contribution is 5.87. The van der Waals surface area contributed by atoms with Gasteiger partial charge in [0.05, 0.1) is 18.6 Å². The van der Waals surface area contributed by atoms with Gasteiger partial charge in [0.2, 0.25) is 5.91 Å². The van der Waals surface area contributed by atoms with Crippen LogP contribution in [-0.4, -0.2) is 45.9 Å². The van der Waals surface area contributed by atoms with E-state index in [1.807, 2.05) is 38.1 Å². The van der Waals surface area contributed by atoms with E-state index in [0.29, 0.717) is 25.7 Å². The zero-order valence-corrected chi connectivity index (χ0v) is 17.6. The molecular formula is C22H36N2O3.